The number of amides is 1. The first-order chi connectivity index (χ1) is 5.20. The summed E-state index contributed by atoms with van der Waals surface area (Å²) in [5, 5.41) is 13.2. The molecule has 2 N–H and O–H groups in total. The molecular formula is C5H6N2O3S. The third kappa shape index (κ3) is 2.15. The van der Waals surface area contributed by atoms with Crippen LogP contribution in [0.2, 0.25) is 0 Å². The molecule has 0 radical (unpaired) electrons. The van der Waals surface area contributed by atoms with E-state index in [0.717, 1.165) is 0 Å². The maximum Gasteiger partial charge on any atom is 0.405 e. The molecule has 0 aliphatic carbocycles. The Labute approximate surface area is 67.8 Å². The standard InChI is InChI=1S/C5H6N2O3S/c8-5(9)6-4(11)3-1-2-10-7-3/h1-2,4,6,11H,(H,8,9). The van der Waals surface area contributed by atoms with E-state index in [-0.39, 0.29) is 0 Å². The molecule has 0 fully saturated rings. The van der Waals surface area contributed by atoms with Crippen LogP contribution < -0.4 is 5.32 Å². The summed E-state index contributed by atoms with van der Waals surface area (Å²) in [7, 11) is 0. The molecule has 0 bridgehead atoms. The van der Waals surface area contributed by atoms with Crippen molar-refractivity contribution >= 4 is 18.7 Å². The van der Waals surface area contributed by atoms with E-state index < -0.39 is 11.5 Å². The number of carbonyl (C=O) groups is 1. The van der Waals surface area contributed by atoms with Crippen molar-refractivity contribution in [3.05, 3.63) is 18.0 Å². The van der Waals surface area contributed by atoms with Crippen LogP contribution in [-0.4, -0.2) is 16.4 Å². The molecule has 0 aliphatic heterocycles. The van der Waals surface area contributed by atoms with Crippen LogP contribution in [0, 0.1) is 0 Å². The van der Waals surface area contributed by atoms with Gasteiger partial charge in [-0.1, -0.05) is 5.16 Å². The van der Waals surface area contributed by atoms with E-state index in [1.807, 2.05) is 0 Å². The van der Waals surface area contributed by atoms with Crippen molar-refractivity contribution in [2.24, 2.45) is 0 Å². The van der Waals surface area contributed by atoms with Gasteiger partial charge in [0.05, 0.1) is 0 Å². The largest absolute Gasteiger partial charge is 0.465 e. The molecule has 0 spiro atoms. The predicted octanol–water partition coefficient (Wildman–Crippen LogP) is 0.871. The van der Waals surface area contributed by atoms with Crippen LogP contribution in [0.4, 0.5) is 4.79 Å². The second kappa shape index (κ2) is 3.29. The molecule has 5 nitrogen and oxygen atoms in total. The first kappa shape index (κ1) is 7.93. The van der Waals surface area contributed by atoms with Gasteiger partial charge in [-0.2, -0.15) is 0 Å². The quantitative estimate of drug-likeness (QED) is 0.459. The van der Waals surface area contributed by atoms with Crippen LogP contribution >= 0.6 is 12.6 Å². The summed E-state index contributed by atoms with van der Waals surface area (Å²) in [6, 6.07) is 1.54. The van der Waals surface area contributed by atoms with Gasteiger partial charge in [-0.15, -0.1) is 12.6 Å². The number of hydrogen-bond donors (Lipinski definition) is 3. The summed E-state index contributed by atoms with van der Waals surface area (Å²) < 4.78 is 4.49. The van der Waals surface area contributed by atoms with Crippen LogP contribution in [0.1, 0.15) is 11.1 Å². The Bertz CT molecular complexity index is 236. The molecule has 60 valence electrons. The molecule has 1 amide bonds. The molecule has 1 heterocycles. The smallest absolute Gasteiger partial charge is 0.405 e. The van der Waals surface area contributed by atoms with E-state index in [4.69, 9.17) is 5.11 Å². The lowest BCUT2D eigenvalue weighted by molar-refractivity contribution is 0.193. The first-order valence-corrected chi connectivity index (χ1v) is 3.29. The van der Waals surface area contributed by atoms with Gasteiger partial charge in [0.25, 0.3) is 0 Å². The van der Waals surface area contributed by atoms with E-state index in [1.165, 1.54) is 12.3 Å². The summed E-state index contributed by atoms with van der Waals surface area (Å²) in [5.41, 5.74) is 0.440. The molecular weight excluding hydrogens is 168 g/mol. The zero-order valence-corrected chi connectivity index (χ0v) is 6.28. The maximum absolute atomic E-state index is 10.1. The average Bonchev–Trinajstić information content (AvgIpc) is 2.35. The average molecular weight is 174 g/mol. The van der Waals surface area contributed by atoms with Crippen molar-refractivity contribution in [3.63, 3.8) is 0 Å². The van der Waals surface area contributed by atoms with Gasteiger partial charge >= 0.3 is 6.09 Å². The fourth-order valence-electron chi connectivity index (χ4n) is 0.554. The van der Waals surface area contributed by atoms with Crippen molar-refractivity contribution in [1.82, 2.24) is 10.5 Å². The lowest BCUT2D eigenvalue weighted by Crippen LogP contribution is -2.23. The summed E-state index contributed by atoms with van der Waals surface area (Å²) in [4.78, 5) is 10.1. The Kier molecular flexibility index (Phi) is 2.37. The Morgan fingerprint density at radius 2 is 2.64 bits per heavy atom. The number of carboxylic acid groups (broad SMARTS) is 1. The van der Waals surface area contributed by atoms with Gasteiger partial charge in [0.2, 0.25) is 0 Å². The number of rotatable bonds is 2. The highest BCUT2D eigenvalue weighted by Crippen LogP contribution is 2.12. The summed E-state index contributed by atoms with van der Waals surface area (Å²) in [5.74, 6) is 0. The van der Waals surface area contributed by atoms with Crippen LogP contribution in [0.25, 0.3) is 0 Å². The van der Waals surface area contributed by atoms with Crippen molar-refractivity contribution < 1.29 is 14.4 Å². The Hall–Kier alpha value is -1.17. The van der Waals surface area contributed by atoms with Crippen LogP contribution in [0.5, 0.6) is 0 Å². The maximum atomic E-state index is 10.1. The Morgan fingerprint density at radius 1 is 1.91 bits per heavy atom. The van der Waals surface area contributed by atoms with Crippen molar-refractivity contribution in [1.29, 1.82) is 0 Å². The number of hydrogen-bond acceptors (Lipinski definition) is 4. The lowest BCUT2D eigenvalue weighted by atomic mass is 10.4. The van der Waals surface area contributed by atoms with Gasteiger partial charge in [0, 0.05) is 6.07 Å². The second-order valence-corrected chi connectivity index (χ2v) is 2.29. The van der Waals surface area contributed by atoms with Gasteiger partial charge in [0.1, 0.15) is 17.3 Å². The van der Waals surface area contributed by atoms with Gasteiger partial charge in [-0.05, 0) is 0 Å². The van der Waals surface area contributed by atoms with E-state index in [1.54, 1.807) is 0 Å². The number of nitrogens with one attached hydrogen (secondary N) is 1. The zero-order chi connectivity index (χ0) is 8.27. The number of aromatic nitrogens is 1. The van der Waals surface area contributed by atoms with E-state index in [0.29, 0.717) is 5.69 Å². The van der Waals surface area contributed by atoms with E-state index >= 15 is 0 Å². The summed E-state index contributed by atoms with van der Waals surface area (Å²) in [6.07, 6.45) is 0.204. The van der Waals surface area contributed by atoms with Crippen molar-refractivity contribution in [3.8, 4) is 0 Å². The third-order valence-corrected chi connectivity index (χ3v) is 1.39. The van der Waals surface area contributed by atoms with Crippen molar-refractivity contribution in [2.75, 3.05) is 0 Å². The molecule has 0 saturated carbocycles. The highest BCUT2D eigenvalue weighted by atomic mass is 32.1. The zero-order valence-electron chi connectivity index (χ0n) is 5.39. The summed E-state index contributed by atoms with van der Waals surface area (Å²) >= 11 is 3.91. The molecule has 1 atom stereocenters. The van der Waals surface area contributed by atoms with Gasteiger partial charge in [0.15, 0.2) is 0 Å². The van der Waals surface area contributed by atoms with E-state index in [9.17, 15) is 4.79 Å². The lowest BCUT2D eigenvalue weighted by Gasteiger charge is -2.04. The molecule has 11 heavy (non-hydrogen) atoms. The van der Waals surface area contributed by atoms with Crippen LogP contribution in [-0.2, 0) is 0 Å². The molecule has 1 rings (SSSR count). The fourth-order valence-corrected chi connectivity index (χ4v) is 0.797. The number of nitrogens with zero attached hydrogens (tertiary/aromatic N) is 1. The highest BCUT2D eigenvalue weighted by molar-refractivity contribution is 7.80. The van der Waals surface area contributed by atoms with E-state index in [2.05, 4.69) is 27.6 Å². The molecule has 1 unspecified atom stereocenters. The molecule has 1 aromatic heterocycles. The van der Waals surface area contributed by atoms with Gasteiger partial charge in [-0.25, -0.2) is 4.79 Å². The molecule has 1 aromatic rings. The monoisotopic (exact) mass is 174 g/mol. The van der Waals surface area contributed by atoms with Gasteiger partial charge in [-0.3, -0.25) is 0 Å². The van der Waals surface area contributed by atoms with Crippen molar-refractivity contribution in [2.45, 2.75) is 5.37 Å². The SMILES string of the molecule is O=C(O)NC(S)c1ccon1. The fraction of sp³-hybridized carbons (Fsp3) is 0.200. The van der Waals surface area contributed by atoms with Gasteiger partial charge < -0.3 is 14.9 Å². The topological polar surface area (TPSA) is 75.4 Å². The Balaban J connectivity index is 2.56. The highest BCUT2D eigenvalue weighted by Gasteiger charge is 2.10. The molecule has 6 heteroatoms. The minimum atomic E-state index is -1.15. The first-order valence-electron chi connectivity index (χ1n) is 2.78. The second-order valence-electron chi connectivity index (χ2n) is 1.78. The minimum absolute atomic E-state index is 0.440. The normalized spacial score (nSPS) is 12.5. The Morgan fingerprint density at radius 3 is 3.09 bits per heavy atom. The number of thiol groups is 1. The molecule has 0 aliphatic rings. The summed E-state index contributed by atoms with van der Waals surface area (Å²) in [6.45, 7) is 0. The predicted molar refractivity (Wildman–Crippen MR) is 39.4 cm³/mol. The van der Waals surface area contributed by atoms with Crippen LogP contribution in [0.3, 0.4) is 0 Å². The van der Waals surface area contributed by atoms with Crippen LogP contribution in [0.15, 0.2) is 16.9 Å². The minimum Gasteiger partial charge on any atom is -0.465 e. The third-order valence-electron chi connectivity index (χ3n) is 0.998. The molecule has 0 aromatic carbocycles. The molecule has 0 saturated heterocycles.